The monoisotopic (exact) mass is 586 g/mol. The van der Waals surface area contributed by atoms with Gasteiger partial charge in [-0.05, 0) is 42.8 Å². The number of nitrogens with one attached hydrogen (secondary N) is 1. The lowest BCUT2D eigenvalue weighted by atomic mass is 9.95. The molecule has 0 bridgehead atoms. The van der Waals surface area contributed by atoms with E-state index < -0.39 is 22.4 Å². The number of methoxy groups -OCH3 is 3. The van der Waals surface area contributed by atoms with Crippen LogP contribution in [0.25, 0.3) is 6.08 Å². The highest BCUT2D eigenvalue weighted by molar-refractivity contribution is 7.07. The van der Waals surface area contributed by atoms with Crippen molar-refractivity contribution in [2.75, 3.05) is 26.6 Å². The van der Waals surface area contributed by atoms with Crippen LogP contribution in [0, 0.1) is 10.1 Å². The Hall–Kier alpha value is -5.23. The van der Waals surface area contributed by atoms with Crippen molar-refractivity contribution < 1.29 is 23.9 Å². The highest BCUT2D eigenvalue weighted by atomic mass is 32.1. The first kappa shape index (κ1) is 28.3. The number of allylic oxidation sites excluding steroid dienone is 1. The Morgan fingerprint density at radius 1 is 1.05 bits per heavy atom. The SMILES string of the molecule is COc1ccc([C@H]2C(C(=O)Nc3ccccc3)=C(C)N=c3s/c(=C\c4cc([N+](=O)[O-])cc(OC)c4OC)c(=O)n32)cc1. The highest BCUT2D eigenvalue weighted by Crippen LogP contribution is 2.36. The number of aromatic nitrogens is 1. The summed E-state index contributed by atoms with van der Waals surface area (Å²) in [6.45, 7) is 1.72. The van der Waals surface area contributed by atoms with Crippen molar-refractivity contribution in [3.05, 3.63) is 119 Å². The fraction of sp³-hybridized carbons (Fsp3) is 0.167. The third-order valence-corrected chi connectivity index (χ3v) is 7.70. The average molecular weight is 587 g/mol. The number of ether oxygens (including phenoxy) is 3. The molecule has 42 heavy (non-hydrogen) atoms. The average Bonchev–Trinajstić information content (AvgIpc) is 3.30. The minimum Gasteiger partial charge on any atom is -0.497 e. The van der Waals surface area contributed by atoms with E-state index in [1.54, 1.807) is 50.4 Å². The van der Waals surface area contributed by atoms with Gasteiger partial charge in [0.15, 0.2) is 16.3 Å². The second-order valence-electron chi connectivity index (χ2n) is 9.20. The van der Waals surface area contributed by atoms with Crippen LogP contribution in [0.3, 0.4) is 0 Å². The number of para-hydroxylation sites is 1. The fourth-order valence-electron chi connectivity index (χ4n) is 4.77. The number of nitrogens with zero attached hydrogens (tertiary/aromatic N) is 3. The van der Waals surface area contributed by atoms with E-state index in [2.05, 4.69) is 10.3 Å². The Morgan fingerprint density at radius 2 is 1.76 bits per heavy atom. The van der Waals surface area contributed by atoms with Crippen LogP contribution < -0.4 is 34.4 Å². The Kier molecular flexibility index (Phi) is 7.89. The Labute approximate surface area is 243 Å². The number of fused-ring (bicyclic) bond motifs is 1. The molecule has 1 amide bonds. The molecule has 1 aromatic heterocycles. The van der Waals surface area contributed by atoms with Crippen LogP contribution >= 0.6 is 11.3 Å². The van der Waals surface area contributed by atoms with Crippen LogP contribution in [0.2, 0.25) is 0 Å². The standard InChI is InChI=1S/C30H26N4O7S/c1-17-25(28(35)32-20-8-6-5-7-9-20)26(18-10-12-22(39-2)13-11-18)33-29(36)24(42-30(33)31-17)15-19-14-21(34(37)38)16-23(40-3)27(19)41-4/h5-16,26H,1-4H3,(H,32,35)/b24-15-/t26-/m0/s1. The van der Waals surface area contributed by atoms with Crippen molar-refractivity contribution in [1.29, 1.82) is 0 Å². The van der Waals surface area contributed by atoms with E-state index >= 15 is 0 Å². The molecule has 4 aromatic rings. The van der Waals surface area contributed by atoms with Crippen LogP contribution in [0.15, 0.2) is 87.8 Å². The molecule has 0 unspecified atom stereocenters. The molecular weight excluding hydrogens is 560 g/mol. The van der Waals surface area contributed by atoms with Gasteiger partial charge in [0.25, 0.3) is 17.2 Å². The van der Waals surface area contributed by atoms with Gasteiger partial charge in [0.1, 0.15) is 5.75 Å². The number of nitro groups is 1. The quantitative estimate of drug-likeness (QED) is 0.245. The first-order valence-corrected chi connectivity index (χ1v) is 13.5. The minimum atomic E-state index is -0.806. The summed E-state index contributed by atoms with van der Waals surface area (Å²) in [4.78, 5) is 43.8. The number of carbonyl (C=O) groups excluding carboxylic acids is 1. The van der Waals surface area contributed by atoms with Gasteiger partial charge in [-0.1, -0.05) is 41.7 Å². The van der Waals surface area contributed by atoms with Crippen LogP contribution in [0.1, 0.15) is 24.1 Å². The van der Waals surface area contributed by atoms with Crippen molar-refractivity contribution in [1.82, 2.24) is 4.57 Å². The summed E-state index contributed by atoms with van der Waals surface area (Å²) in [5, 5.41) is 14.5. The van der Waals surface area contributed by atoms with Crippen molar-refractivity contribution in [2.45, 2.75) is 13.0 Å². The summed E-state index contributed by atoms with van der Waals surface area (Å²) in [7, 11) is 4.34. The normalized spacial score (nSPS) is 14.6. The zero-order valence-corrected chi connectivity index (χ0v) is 23.9. The molecule has 1 N–H and O–H groups in total. The van der Waals surface area contributed by atoms with E-state index in [-0.39, 0.29) is 27.3 Å². The number of rotatable bonds is 8. The Morgan fingerprint density at radius 3 is 2.38 bits per heavy atom. The smallest absolute Gasteiger partial charge is 0.274 e. The van der Waals surface area contributed by atoms with Gasteiger partial charge in [-0.3, -0.25) is 24.3 Å². The molecule has 12 heteroatoms. The van der Waals surface area contributed by atoms with Gasteiger partial charge >= 0.3 is 0 Å². The number of carbonyl (C=O) groups is 1. The van der Waals surface area contributed by atoms with Gasteiger partial charge in [-0.25, -0.2) is 4.99 Å². The minimum absolute atomic E-state index is 0.151. The highest BCUT2D eigenvalue weighted by Gasteiger charge is 2.32. The zero-order valence-electron chi connectivity index (χ0n) is 23.1. The lowest BCUT2D eigenvalue weighted by molar-refractivity contribution is -0.385. The predicted octanol–water partition coefficient (Wildman–Crippen LogP) is 3.81. The third kappa shape index (κ3) is 5.27. The van der Waals surface area contributed by atoms with Crippen molar-refractivity contribution in [3.8, 4) is 17.2 Å². The molecule has 1 atom stereocenters. The number of amides is 1. The summed E-state index contributed by atoms with van der Waals surface area (Å²) in [5.74, 6) is 0.605. The molecule has 214 valence electrons. The first-order chi connectivity index (χ1) is 20.2. The second kappa shape index (κ2) is 11.7. The van der Waals surface area contributed by atoms with Gasteiger partial charge in [0, 0.05) is 17.3 Å². The number of hydrogen-bond donors (Lipinski definition) is 1. The van der Waals surface area contributed by atoms with Gasteiger partial charge < -0.3 is 19.5 Å². The number of hydrogen-bond acceptors (Lipinski definition) is 9. The summed E-state index contributed by atoms with van der Waals surface area (Å²) in [6.07, 6.45) is 1.51. The van der Waals surface area contributed by atoms with Crippen molar-refractivity contribution in [3.63, 3.8) is 0 Å². The van der Waals surface area contributed by atoms with Crippen LogP contribution in [0.5, 0.6) is 17.2 Å². The van der Waals surface area contributed by atoms with Gasteiger partial charge in [0.2, 0.25) is 0 Å². The molecule has 0 aliphatic carbocycles. The van der Waals surface area contributed by atoms with E-state index in [0.717, 1.165) is 11.3 Å². The molecule has 2 heterocycles. The Bertz CT molecular complexity index is 1890. The lowest BCUT2D eigenvalue weighted by Crippen LogP contribution is -2.40. The van der Waals surface area contributed by atoms with Crippen LogP contribution in [0.4, 0.5) is 11.4 Å². The number of anilines is 1. The van der Waals surface area contributed by atoms with Crippen LogP contribution in [-0.4, -0.2) is 36.7 Å². The Balaban J connectivity index is 1.71. The number of benzene rings is 3. The molecule has 5 rings (SSSR count). The molecule has 3 aromatic carbocycles. The number of thiazole rings is 1. The molecule has 1 aliphatic rings. The maximum Gasteiger partial charge on any atom is 0.274 e. The van der Waals surface area contributed by atoms with Crippen molar-refractivity contribution in [2.24, 2.45) is 4.99 Å². The fourth-order valence-corrected chi connectivity index (χ4v) is 5.80. The van der Waals surface area contributed by atoms with E-state index in [1.807, 2.05) is 18.2 Å². The van der Waals surface area contributed by atoms with E-state index in [1.165, 1.54) is 37.0 Å². The predicted molar refractivity (Wildman–Crippen MR) is 158 cm³/mol. The molecule has 1 aliphatic heterocycles. The van der Waals surface area contributed by atoms with Gasteiger partial charge in [-0.2, -0.15) is 0 Å². The topological polar surface area (TPSA) is 134 Å². The van der Waals surface area contributed by atoms with Crippen LogP contribution in [-0.2, 0) is 4.79 Å². The molecule has 0 saturated heterocycles. The van der Waals surface area contributed by atoms with Crippen molar-refractivity contribution >= 4 is 34.7 Å². The summed E-state index contributed by atoms with van der Waals surface area (Å²) in [5.41, 5.74) is 1.66. The molecule has 0 saturated carbocycles. The van der Waals surface area contributed by atoms with Gasteiger partial charge in [-0.15, -0.1) is 0 Å². The zero-order chi connectivity index (χ0) is 30.0. The number of non-ortho nitro benzene ring substituents is 1. The number of nitro benzene ring substituents is 1. The molecule has 0 spiro atoms. The molecule has 0 fully saturated rings. The lowest BCUT2D eigenvalue weighted by Gasteiger charge is -2.25. The van der Waals surface area contributed by atoms with E-state index in [4.69, 9.17) is 14.2 Å². The molecule has 0 radical (unpaired) electrons. The van der Waals surface area contributed by atoms with E-state index in [9.17, 15) is 19.7 Å². The molecule has 11 nitrogen and oxygen atoms in total. The van der Waals surface area contributed by atoms with E-state index in [0.29, 0.717) is 33.1 Å². The van der Waals surface area contributed by atoms with Gasteiger partial charge in [0.05, 0.1) is 54.2 Å². The largest absolute Gasteiger partial charge is 0.497 e. The first-order valence-electron chi connectivity index (χ1n) is 12.7. The second-order valence-corrected chi connectivity index (χ2v) is 10.2. The third-order valence-electron chi connectivity index (χ3n) is 6.72. The summed E-state index contributed by atoms with van der Waals surface area (Å²) >= 11 is 1.10. The maximum atomic E-state index is 14.0. The maximum absolute atomic E-state index is 14.0. The summed E-state index contributed by atoms with van der Waals surface area (Å²) < 4.78 is 17.8. The molecular formula is C30H26N4O7S. The summed E-state index contributed by atoms with van der Waals surface area (Å²) in [6, 6.07) is 17.9.